The maximum Gasteiger partial charge on any atom is 0.176 e. The number of carbonyl (C=O) groups is 1. The number of nitrogens with one attached hydrogen (secondary N) is 2. The van der Waals surface area contributed by atoms with E-state index in [0.717, 1.165) is 12.2 Å². The highest BCUT2D eigenvalue weighted by molar-refractivity contribution is 7.80. The molecule has 0 aliphatic rings. The molecule has 6 heteroatoms. The average molecular weight is 288 g/mol. The molecule has 0 atom stereocenters. The number of thiocarbonyl (C=S) groups is 1. The molecule has 20 heavy (non-hydrogen) atoms. The Labute approximate surface area is 123 Å². The summed E-state index contributed by atoms with van der Waals surface area (Å²) in [6.07, 6.45) is 1.88. The number of benzene rings is 1. The van der Waals surface area contributed by atoms with E-state index in [0.29, 0.717) is 16.5 Å². The minimum atomic E-state index is 0.0438. The lowest BCUT2D eigenvalue weighted by atomic mass is 10.1. The second kappa shape index (κ2) is 6.29. The molecule has 104 valence electrons. The molecule has 0 aliphatic carbocycles. The van der Waals surface area contributed by atoms with Gasteiger partial charge in [0.25, 0.3) is 0 Å². The Hall–Kier alpha value is -2.21. The van der Waals surface area contributed by atoms with E-state index in [1.165, 1.54) is 0 Å². The van der Waals surface area contributed by atoms with Crippen LogP contribution in [0.3, 0.4) is 0 Å². The first-order valence-corrected chi connectivity index (χ1v) is 6.72. The summed E-state index contributed by atoms with van der Waals surface area (Å²) in [5.41, 5.74) is 1.50. The van der Waals surface area contributed by atoms with Gasteiger partial charge >= 0.3 is 0 Å². The van der Waals surface area contributed by atoms with Gasteiger partial charge in [-0.15, -0.1) is 0 Å². The van der Waals surface area contributed by atoms with Crippen molar-refractivity contribution in [1.29, 1.82) is 0 Å². The van der Waals surface area contributed by atoms with E-state index < -0.39 is 0 Å². The summed E-state index contributed by atoms with van der Waals surface area (Å²) >= 11 is 5.21. The van der Waals surface area contributed by atoms with Crippen molar-refractivity contribution in [3.63, 3.8) is 0 Å². The number of rotatable bonds is 4. The van der Waals surface area contributed by atoms with Crippen molar-refractivity contribution in [1.82, 2.24) is 9.78 Å². The predicted octanol–water partition coefficient (Wildman–Crippen LogP) is 2.91. The van der Waals surface area contributed by atoms with Gasteiger partial charge in [0, 0.05) is 30.1 Å². The Balaban J connectivity index is 1.95. The number of Topliss-reactive ketones (excluding diaryl/α,β-unsaturated/α-hetero) is 1. The molecule has 0 radical (unpaired) electrons. The molecule has 1 heterocycles. The number of nitrogens with zero attached hydrogens (tertiary/aromatic N) is 2. The number of ketones is 1. The van der Waals surface area contributed by atoms with Crippen LogP contribution in [0, 0.1) is 0 Å². The zero-order chi connectivity index (χ0) is 14.5. The van der Waals surface area contributed by atoms with E-state index in [2.05, 4.69) is 15.7 Å². The fourth-order valence-corrected chi connectivity index (χ4v) is 1.89. The van der Waals surface area contributed by atoms with Crippen LogP contribution in [0.1, 0.15) is 24.2 Å². The molecular formula is C14H16N4OS. The summed E-state index contributed by atoms with van der Waals surface area (Å²) in [5.74, 6) is 0.743. The van der Waals surface area contributed by atoms with Crippen molar-refractivity contribution in [3.05, 3.63) is 42.1 Å². The highest BCUT2D eigenvalue weighted by atomic mass is 32.1. The summed E-state index contributed by atoms with van der Waals surface area (Å²) < 4.78 is 1.81. The largest absolute Gasteiger partial charge is 0.332 e. The van der Waals surface area contributed by atoms with Crippen LogP contribution < -0.4 is 10.6 Å². The number of aromatic nitrogens is 2. The standard InChI is InChI=1S/C14H16N4OS/c1-3-18-9-8-13(17-18)16-14(20)15-12-6-4-11(5-7-12)10(2)19/h4-9H,3H2,1-2H3,(H2,15,16,17,20). The van der Waals surface area contributed by atoms with E-state index in [-0.39, 0.29) is 5.78 Å². The van der Waals surface area contributed by atoms with E-state index in [1.54, 1.807) is 19.1 Å². The SMILES string of the molecule is CCn1ccc(NC(=S)Nc2ccc(C(C)=O)cc2)n1. The quantitative estimate of drug-likeness (QED) is 0.669. The molecule has 5 nitrogen and oxygen atoms in total. The monoisotopic (exact) mass is 288 g/mol. The fourth-order valence-electron chi connectivity index (χ4n) is 1.67. The summed E-state index contributed by atoms with van der Waals surface area (Å²) in [7, 11) is 0. The summed E-state index contributed by atoms with van der Waals surface area (Å²) in [6, 6.07) is 9.01. The van der Waals surface area contributed by atoms with Crippen molar-refractivity contribution < 1.29 is 4.79 Å². The van der Waals surface area contributed by atoms with Gasteiger partial charge < -0.3 is 10.6 Å². The van der Waals surface area contributed by atoms with Crippen LogP contribution >= 0.6 is 12.2 Å². The number of anilines is 2. The summed E-state index contributed by atoms with van der Waals surface area (Å²) in [5, 5.41) is 10.8. The molecule has 0 fully saturated rings. The first-order chi connectivity index (χ1) is 9.58. The third-order valence-electron chi connectivity index (χ3n) is 2.76. The second-order valence-corrected chi connectivity index (χ2v) is 4.68. The van der Waals surface area contributed by atoms with Gasteiger partial charge in [-0.1, -0.05) is 0 Å². The molecule has 2 rings (SSSR count). The normalized spacial score (nSPS) is 10.1. The fraction of sp³-hybridized carbons (Fsp3) is 0.214. The minimum Gasteiger partial charge on any atom is -0.332 e. The number of carbonyl (C=O) groups excluding carboxylic acids is 1. The van der Waals surface area contributed by atoms with Crippen molar-refractivity contribution in [2.45, 2.75) is 20.4 Å². The third-order valence-corrected chi connectivity index (χ3v) is 2.96. The number of aryl methyl sites for hydroxylation is 1. The molecule has 2 aromatic rings. The second-order valence-electron chi connectivity index (χ2n) is 4.27. The van der Waals surface area contributed by atoms with Crippen molar-refractivity contribution in [2.75, 3.05) is 10.6 Å². The summed E-state index contributed by atoms with van der Waals surface area (Å²) in [6.45, 7) is 4.37. The Morgan fingerprint density at radius 2 is 1.95 bits per heavy atom. The average Bonchev–Trinajstić information content (AvgIpc) is 2.86. The molecule has 0 bridgehead atoms. The van der Waals surface area contributed by atoms with Crippen LogP contribution in [0.25, 0.3) is 0 Å². The molecule has 0 aliphatic heterocycles. The van der Waals surface area contributed by atoms with E-state index in [1.807, 2.05) is 36.0 Å². The van der Waals surface area contributed by atoms with Gasteiger partial charge in [-0.3, -0.25) is 9.48 Å². The molecule has 0 saturated carbocycles. The highest BCUT2D eigenvalue weighted by Crippen LogP contribution is 2.11. The van der Waals surface area contributed by atoms with Crippen LogP contribution in [0.4, 0.5) is 11.5 Å². The molecule has 2 N–H and O–H groups in total. The van der Waals surface area contributed by atoms with E-state index in [4.69, 9.17) is 12.2 Å². The Morgan fingerprint density at radius 1 is 1.25 bits per heavy atom. The van der Waals surface area contributed by atoms with Gasteiger partial charge in [-0.2, -0.15) is 5.10 Å². The van der Waals surface area contributed by atoms with E-state index >= 15 is 0 Å². The zero-order valence-electron chi connectivity index (χ0n) is 11.4. The van der Waals surface area contributed by atoms with Gasteiger partial charge in [0.1, 0.15) is 0 Å². The molecular weight excluding hydrogens is 272 g/mol. The highest BCUT2D eigenvalue weighted by Gasteiger charge is 2.03. The number of hydrogen-bond donors (Lipinski definition) is 2. The van der Waals surface area contributed by atoms with Crippen LogP contribution in [-0.4, -0.2) is 20.7 Å². The van der Waals surface area contributed by atoms with Gasteiger partial charge in [0.05, 0.1) is 0 Å². The lowest BCUT2D eigenvalue weighted by molar-refractivity contribution is 0.101. The van der Waals surface area contributed by atoms with Gasteiger partial charge in [0.2, 0.25) is 0 Å². The maximum atomic E-state index is 11.2. The van der Waals surface area contributed by atoms with Crippen LogP contribution in [0.2, 0.25) is 0 Å². The lowest BCUT2D eigenvalue weighted by Gasteiger charge is -2.08. The summed E-state index contributed by atoms with van der Waals surface area (Å²) in [4.78, 5) is 11.2. The molecule has 1 aromatic heterocycles. The van der Waals surface area contributed by atoms with Gasteiger partial charge in [-0.25, -0.2) is 0 Å². The predicted molar refractivity (Wildman–Crippen MR) is 84.2 cm³/mol. The molecule has 0 saturated heterocycles. The Morgan fingerprint density at radius 3 is 2.50 bits per heavy atom. The molecule has 0 spiro atoms. The lowest BCUT2D eigenvalue weighted by Crippen LogP contribution is -2.19. The van der Waals surface area contributed by atoms with E-state index in [9.17, 15) is 4.79 Å². The zero-order valence-corrected chi connectivity index (χ0v) is 12.2. The molecule has 1 aromatic carbocycles. The topological polar surface area (TPSA) is 59.0 Å². The third kappa shape index (κ3) is 3.64. The minimum absolute atomic E-state index is 0.0438. The molecule has 0 unspecified atom stereocenters. The van der Waals surface area contributed by atoms with Crippen molar-refractivity contribution in [2.24, 2.45) is 0 Å². The van der Waals surface area contributed by atoms with Crippen LogP contribution in [0.15, 0.2) is 36.5 Å². The van der Waals surface area contributed by atoms with Gasteiger partial charge in [0.15, 0.2) is 16.7 Å². The van der Waals surface area contributed by atoms with Crippen molar-refractivity contribution >= 4 is 34.6 Å². The first-order valence-electron chi connectivity index (χ1n) is 6.31. The van der Waals surface area contributed by atoms with Gasteiger partial charge in [-0.05, 0) is 50.3 Å². The number of hydrogen-bond acceptors (Lipinski definition) is 3. The van der Waals surface area contributed by atoms with Crippen LogP contribution in [-0.2, 0) is 6.54 Å². The first kappa shape index (κ1) is 14.2. The smallest absolute Gasteiger partial charge is 0.176 e. The molecule has 0 amide bonds. The Bertz CT molecular complexity index is 618. The van der Waals surface area contributed by atoms with Crippen LogP contribution in [0.5, 0.6) is 0 Å². The Kier molecular flexibility index (Phi) is 4.47. The van der Waals surface area contributed by atoms with Crippen molar-refractivity contribution in [3.8, 4) is 0 Å². The maximum absolute atomic E-state index is 11.2.